The van der Waals surface area contributed by atoms with Gasteiger partial charge in [0.05, 0.1) is 13.2 Å². The molecule has 0 aliphatic carbocycles. The summed E-state index contributed by atoms with van der Waals surface area (Å²) in [6.45, 7) is 12.4. The summed E-state index contributed by atoms with van der Waals surface area (Å²) in [5.74, 6) is 0.651. The number of nitrogens with zero attached hydrogens (tertiary/aromatic N) is 1. The predicted molar refractivity (Wildman–Crippen MR) is 135 cm³/mol. The minimum absolute atomic E-state index is 0. The smallest absolute Gasteiger partial charge is 0.258 e. The van der Waals surface area contributed by atoms with Crippen LogP contribution < -0.4 is 15.4 Å². The van der Waals surface area contributed by atoms with Gasteiger partial charge in [-0.1, -0.05) is 30.3 Å². The Kier molecular flexibility index (Phi) is 12.3. The fraction of sp³-hybridized carbons (Fsp3) is 0.542. The lowest BCUT2D eigenvalue weighted by atomic mass is 10.0. The normalized spacial score (nSPS) is 14.3. The second-order valence-electron chi connectivity index (χ2n) is 8.83. The first kappa shape index (κ1) is 28.5. The van der Waals surface area contributed by atoms with E-state index >= 15 is 0 Å². The average Bonchev–Trinajstić information content (AvgIpc) is 2.72. The largest absolute Gasteiger partial charge is 0.483 e. The second kappa shape index (κ2) is 13.9. The molecule has 2 N–H and O–H groups in total. The first-order valence-corrected chi connectivity index (χ1v) is 10.9. The molecule has 0 radical (unpaired) electrons. The summed E-state index contributed by atoms with van der Waals surface area (Å²) in [6, 6.07) is 12.3. The summed E-state index contributed by atoms with van der Waals surface area (Å²) >= 11 is 0. The summed E-state index contributed by atoms with van der Waals surface area (Å²) in [5, 5.41) is 8.84. The van der Waals surface area contributed by atoms with Crippen molar-refractivity contribution in [1.82, 2.24) is 15.5 Å². The summed E-state index contributed by atoms with van der Waals surface area (Å²) in [5.41, 5.74) is 0.831. The Labute approximate surface area is 204 Å². The number of benzene rings is 2. The number of ether oxygens (including phenoxy) is 2. The molecule has 0 atom stereocenters. The second-order valence-corrected chi connectivity index (χ2v) is 8.83. The van der Waals surface area contributed by atoms with Crippen molar-refractivity contribution in [3.63, 3.8) is 0 Å². The molecule has 1 amide bonds. The highest BCUT2D eigenvalue weighted by atomic mass is 35.5. The quantitative estimate of drug-likeness (QED) is 0.529. The van der Waals surface area contributed by atoms with Crippen LogP contribution in [0.15, 0.2) is 36.4 Å². The lowest BCUT2D eigenvalue weighted by Crippen LogP contribution is -2.43. The van der Waals surface area contributed by atoms with Crippen LogP contribution in [0.25, 0.3) is 10.8 Å². The van der Waals surface area contributed by atoms with Crippen LogP contribution in [0.4, 0.5) is 0 Å². The van der Waals surface area contributed by atoms with Crippen LogP contribution in [-0.2, 0) is 16.1 Å². The molecule has 8 heteroatoms. The maximum Gasteiger partial charge on any atom is 0.258 e. The average molecular weight is 486 g/mol. The van der Waals surface area contributed by atoms with E-state index in [4.69, 9.17) is 9.47 Å². The molecule has 1 fully saturated rings. The van der Waals surface area contributed by atoms with Crippen LogP contribution in [0.2, 0.25) is 0 Å². The fourth-order valence-corrected chi connectivity index (χ4v) is 3.70. The molecule has 1 saturated heterocycles. The molecule has 2 aromatic rings. The SMILES string of the molecule is CC(C)(C)NC(=O)COc1ccc2ccccc2c1CNCCCN1CCOCC1.Cl.Cl. The zero-order valence-electron chi connectivity index (χ0n) is 19.3. The number of fused-ring (bicyclic) bond motifs is 1. The van der Waals surface area contributed by atoms with Crippen molar-refractivity contribution in [2.45, 2.75) is 39.3 Å². The number of morpholine rings is 1. The van der Waals surface area contributed by atoms with Crippen molar-refractivity contribution in [3.05, 3.63) is 42.0 Å². The number of rotatable bonds is 9. The van der Waals surface area contributed by atoms with Crippen molar-refractivity contribution >= 4 is 41.5 Å². The molecule has 3 rings (SSSR count). The molecular formula is C24H37Cl2N3O3. The van der Waals surface area contributed by atoms with Crippen LogP contribution in [0, 0.1) is 0 Å². The Morgan fingerprint density at radius 2 is 1.81 bits per heavy atom. The van der Waals surface area contributed by atoms with Crippen molar-refractivity contribution in [2.24, 2.45) is 0 Å². The van der Waals surface area contributed by atoms with E-state index < -0.39 is 0 Å². The molecule has 0 bridgehead atoms. The van der Waals surface area contributed by atoms with Crippen molar-refractivity contribution in [3.8, 4) is 5.75 Å². The molecule has 32 heavy (non-hydrogen) atoms. The van der Waals surface area contributed by atoms with E-state index in [1.807, 2.05) is 45.0 Å². The molecular weight excluding hydrogens is 449 g/mol. The van der Waals surface area contributed by atoms with Gasteiger partial charge < -0.3 is 20.1 Å². The maximum absolute atomic E-state index is 12.2. The van der Waals surface area contributed by atoms with Crippen molar-refractivity contribution < 1.29 is 14.3 Å². The summed E-state index contributed by atoms with van der Waals surface area (Å²) in [4.78, 5) is 14.6. The Balaban J connectivity index is 0.00000256. The Bertz CT molecular complexity index is 837. The van der Waals surface area contributed by atoms with Gasteiger partial charge >= 0.3 is 0 Å². The number of hydrogen-bond donors (Lipinski definition) is 2. The first-order valence-electron chi connectivity index (χ1n) is 10.9. The van der Waals surface area contributed by atoms with Gasteiger partial charge in [-0.25, -0.2) is 0 Å². The van der Waals surface area contributed by atoms with E-state index in [9.17, 15) is 4.79 Å². The van der Waals surface area contributed by atoms with Gasteiger partial charge in [0.15, 0.2) is 6.61 Å². The third-order valence-corrected chi connectivity index (χ3v) is 5.10. The predicted octanol–water partition coefficient (Wildman–Crippen LogP) is 3.79. The Morgan fingerprint density at radius 1 is 1.09 bits per heavy atom. The zero-order chi connectivity index (χ0) is 21.4. The van der Waals surface area contributed by atoms with Gasteiger partial charge in [0.2, 0.25) is 0 Å². The van der Waals surface area contributed by atoms with Gasteiger partial charge in [-0.15, -0.1) is 24.8 Å². The molecule has 1 aliphatic heterocycles. The molecule has 180 valence electrons. The minimum atomic E-state index is -0.269. The maximum atomic E-state index is 12.2. The number of carbonyl (C=O) groups is 1. The van der Waals surface area contributed by atoms with Gasteiger partial charge in [0.25, 0.3) is 5.91 Å². The monoisotopic (exact) mass is 485 g/mol. The molecule has 0 unspecified atom stereocenters. The molecule has 2 aromatic carbocycles. The van der Waals surface area contributed by atoms with Gasteiger partial charge in [0, 0.05) is 30.7 Å². The molecule has 0 saturated carbocycles. The van der Waals surface area contributed by atoms with E-state index in [2.05, 4.69) is 27.7 Å². The molecule has 0 aromatic heterocycles. The molecule has 6 nitrogen and oxygen atoms in total. The third kappa shape index (κ3) is 9.12. The van der Waals surface area contributed by atoms with Crippen LogP contribution in [0.3, 0.4) is 0 Å². The molecule has 0 spiro atoms. The summed E-state index contributed by atoms with van der Waals surface area (Å²) in [7, 11) is 0. The first-order chi connectivity index (χ1) is 14.4. The third-order valence-electron chi connectivity index (χ3n) is 5.10. The molecule has 1 heterocycles. The van der Waals surface area contributed by atoms with E-state index in [0.29, 0.717) is 6.54 Å². The number of amides is 1. The highest BCUT2D eigenvalue weighted by molar-refractivity contribution is 5.88. The lowest BCUT2D eigenvalue weighted by Gasteiger charge is -2.26. The van der Waals surface area contributed by atoms with Crippen LogP contribution in [0.1, 0.15) is 32.8 Å². The number of carbonyl (C=O) groups excluding carboxylic acids is 1. The van der Waals surface area contributed by atoms with Gasteiger partial charge in [-0.3, -0.25) is 9.69 Å². The topological polar surface area (TPSA) is 62.8 Å². The number of hydrogen-bond acceptors (Lipinski definition) is 5. The Morgan fingerprint density at radius 3 is 2.53 bits per heavy atom. The zero-order valence-corrected chi connectivity index (χ0v) is 20.9. The number of halogens is 2. The van der Waals surface area contributed by atoms with Crippen molar-refractivity contribution in [1.29, 1.82) is 0 Å². The van der Waals surface area contributed by atoms with E-state index in [1.54, 1.807) is 0 Å². The van der Waals surface area contributed by atoms with Gasteiger partial charge in [0.1, 0.15) is 5.75 Å². The van der Waals surface area contributed by atoms with E-state index in [0.717, 1.165) is 62.5 Å². The molecule has 1 aliphatic rings. The highest BCUT2D eigenvalue weighted by Crippen LogP contribution is 2.28. The van der Waals surface area contributed by atoms with Crippen LogP contribution in [0.5, 0.6) is 5.75 Å². The van der Waals surface area contributed by atoms with E-state index in [1.165, 1.54) is 5.39 Å². The van der Waals surface area contributed by atoms with Crippen LogP contribution in [-0.4, -0.2) is 62.3 Å². The summed E-state index contributed by atoms with van der Waals surface area (Å²) in [6.07, 6.45) is 1.09. The lowest BCUT2D eigenvalue weighted by molar-refractivity contribution is -0.124. The fourth-order valence-electron chi connectivity index (χ4n) is 3.70. The number of nitrogens with one attached hydrogen (secondary N) is 2. The minimum Gasteiger partial charge on any atom is -0.483 e. The summed E-state index contributed by atoms with van der Waals surface area (Å²) < 4.78 is 11.3. The van der Waals surface area contributed by atoms with Gasteiger partial charge in [-0.2, -0.15) is 0 Å². The van der Waals surface area contributed by atoms with Crippen molar-refractivity contribution in [2.75, 3.05) is 46.0 Å². The standard InChI is InChI=1S/C24H35N3O3.2ClH/c1-24(2,3)26-23(28)18-30-22-10-9-19-7-4-5-8-20(19)21(22)17-25-11-6-12-27-13-15-29-16-14-27;;/h4-5,7-10,25H,6,11-18H2,1-3H3,(H,26,28);2*1H. The van der Waals surface area contributed by atoms with E-state index in [-0.39, 0.29) is 42.9 Å². The van der Waals surface area contributed by atoms with Crippen LogP contribution >= 0.6 is 24.8 Å². The highest BCUT2D eigenvalue weighted by Gasteiger charge is 2.16. The van der Waals surface area contributed by atoms with Gasteiger partial charge in [-0.05, 0) is 57.1 Å². The Hall–Kier alpha value is -1.57.